The second-order valence-electron chi connectivity index (χ2n) is 8.81. The summed E-state index contributed by atoms with van der Waals surface area (Å²) < 4.78 is 10.7. The predicted octanol–water partition coefficient (Wildman–Crippen LogP) is 3.70. The molecule has 6 nitrogen and oxygen atoms in total. The van der Waals surface area contributed by atoms with E-state index in [2.05, 4.69) is 6.07 Å². The minimum Gasteiger partial charge on any atom is -0.493 e. The SMILES string of the molecule is COc1ccc(CCN(C)C(=O)C2Cc3ccccc3CN2C(=O)CC(C)C)cc1OC. The van der Waals surface area contributed by atoms with E-state index >= 15 is 0 Å². The molecule has 1 heterocycles. The average Bonchev–Trinajstić information content (AvgIpc) is 2.80. The number of hydrogen-bond acceptors (Lipinski definition) is 4. The molecule has 2 aromatic rings. The van der Waals surface area contributed by atoms with Gasteiger partial charge in [0.25, 0.3) is 0 Å². The lowest BCUT2D eigenvalue weighted by Gasteiger charge is -2.38. The van der Waals surface area contributed by atoms with E-state index < -0.39 is 6.04 Å². The highest BCUT2D eigenvalue weighted by Gasteiger charge is 2.35. The van der Waals surface area contributed by atoms with Gasteiger partial charge >= 0.3 is 0 Å². The van der Waals surface area contributed by atoms with Crippen LogP contribution in [-0.2, 0) is 29.0 Å². The van der Waals surface area contributed by atoms with Gasteiger partial charge in [-0.2, -0.15) is 0 Å². The van der Waals surface area contributed by atoms with Crippen LogP contribution in [0.2, 0.25) is 0 Å². The van der Waals surface area contributed by atoms with Crippen molar-refractivity contribution >= 4 is 11.8 Å². The summed E-state index contributed by atoms with van der Waals surface area (Å²) in [5.74, 6) is 1.63. The number of likely N-dealkylation sites (N-methyl/N-ethyl adjacent to an activating group) is 1. The first-order chi connectivity index (χ1) is 15.3. The van der Waals surface area contributed by atoms with Crippen LogP contribution in [0, 0.1) is 5.92 Å². The largest absolute Gasteiger partial charge is 0.493 e. The van der Waals surface area contributed by atoms with Gasteiger partial charge in [0.05, 0.1) is 14.2 Å². The summed E-state index contributed by atoms with van der Waals surface area (Å²) >= 11 is 0. The summed E-state index contributed by atoms with van der Waals surface area (Å²) in [5, 5.41) is 0. The Hall–Kier alpha value is -3.02. The molecule has 0 saturated carbocycles. The molecule has 2 aromatic carbocycles. The zero-order valence-electron chi connectivity index (χ0n) is 19.8. The fourth-order valence-corrected chi connectivity index (χ4v) is 4.17. The maximum absolute atomic E-state index is 13.4. The molecule has 32 heavy (non-hydrogen) atoms. The third-order valence-electron chi connectivity index (χ3n) is 6.00. The molecule has 1 aliphatic rings. The van der Waals surface area contributed by atoms with Crippen LogP contribution in [0.4, 0.5) is 0 Å². The van der Waals surface area contributed by atoms with Crippen molar-refractivity contribution in [3.8, 4) is 11.5 Å². The van der Waals surface area contributed by atoms with Gasteiger partial charge in [0, 0.05) is 33.0 Å². The van der Waals surface area contributed by atoms with Crippen molar-refractivity contribution in [2.24, 2.45) is 5.92 Å². The Morgan fingerprint density at radius 3 is 2.41 bits per heavy atom. The molecule has 1 atom stereocenters. The first kappa shape index (κ1) is 23.6. The zero-order chi connectivity index (χ0) is 23.3. The number of ether oxygens (including phenoxy) is 2. The molecule has 3 rings (SSSR count). The third kappa shape index (κ3) is 5.42. The average molecular weight is 439 g/mol. The van der Waals surface area contributed by atoms with Gasteiger partial charge in [-0.05, 0) is 41.2 Å². The summed E-state index contributed by atoms with van der Waals surface area (Å²) in [6.07, 6.45) is 1.69. The highest BCUT2D eigenvalue weighted by molar-refractivity contribution is 5.88. The number of methoxy groups -OCH3 is 2. The summed E-state index contributed by atoms with van der Waals surface area (Å²) in [6, 6.07) is 13.4. The monoisotopic (exact) mass is 438 g/mol. The third-order valence-corrected chi connectivity index (χ3v) is 6.00. The van der Waals surface area contributed by atoms with Gasteiger partial charge in [-0.1, -0.05) is 44.2 Å². The van der Waals surface area contributed by atoms with Crippen molar-refractivity contribution in [3.63, 3.8) is 0 Å². The molecule has 1 aliphatic heterocycles. The molecule has 0 saturated heterocycles. The minimum absolute atomic E-state index is 0.0166. The zero-order valence-corrected chi connectivity index (χ0v) is 19.8. The fraction of sp³-hybridized carbons (Fsp3) is 0.462. The molecule has 0 aromatic heterocycles. The van der Waals surface area contributed by atoms with Crippen molar-refractivity contribution in [2.75, 3.05) is 27.8 Å². The fourth-order valence-electron chi connectivity index (χ4n) is 4.17. The number of benzene rings is 2. The number of amides is 2. The van der Waals surface area contributed by atoms with Crippen LogP contribution in [0.5, 0.6) is 11.5 Å². The highest BCUT2D eigenvalue weighted by atomic mass is 16.5. The van der Waals surface area contributed by atoms with Gasteiger partial charge in [0.1, 0.15) is 6.04 Å². The molecule has 172 valence electrons. The summed E-state index contributed by atoms with van der Waals surface area (Å²) in [4.78, 5) is 30.0. The molecule has 0 bridgehead atoms. The number of hydrogen-bond donors (Lipinski definition) is 0. The molecule has 1 unspecified atom stereocenters. The van der Waals surface area contributed by atoms with E-state index in [1.54, 1.807) is 24.0 Å². The van der Waals surface area contributed by atoms with E-state index in [1.165, 1.54) is 0 Å². The van der Waals surface area contributed by atoms with Crippen LogP contribution in [0.3, 0.4) is 0 Å². The molecule has 2 amide bonds. The van der Waals surface area contributed by atoms with Crippen LogP contribution in [0.15, 0.2) is 42.5 Å². The van der Waals surface area contributed by atoms with Crippen LogP contribution in [0.1, 0.15) is 37.0 Å². The summed E-state index contributed by atoms with van der Waals surface area (Å²) in [5.41, 5.74) is 3.33. The predicted molar refractivity (Wildman–Crippen MR) is 125 cm³/mol. The van der Waals surface area contributed by atoms with Crippen molar-refractivity contribution in [1.29, 1.82) is 0 Å². The van der Waals surface area contributed by atoms with Gasteiger partial charge < -0.3 is 19.3 Å². The van der Waals surface area contributed by atoms with Crippen molar-refractivity contribution in [1.82, 2.24) is 9.80 Å². The van der Waals surface area contributed by atoms with E-state index in [4.69, 9.17) is 9.47 Å². The molecule has 0 radical (unpaired) electrons. The van der Waals surface area contributed by atoms with E-state index in [0.717, 1.165) is 16.7 Å². The second-order valence-corrected chi connectivity index (χ2v) is 8.81. The van der Waals surface area contributed by atoms with E-state index in [9.17, 15) is 9.59 Å². The molecule has 6 heteroatoms. The lowest BCUT2D eigenvalue weighted by Crippen LogP contribution is -2.53. The van der Waals surface area contributed by atoms with Crippen LogP contribution >= 0.6 is 0 Å². The van der Waals surface area contributed by atoms with Gasteiger partial charge in [0.2, 0.25) is 11.8 Å². The Morgan fingerprint density at radius 2 is 1.75 bits per heavy atom. The molecular weight excluding hydrogens is 404 g/mol. The number of nitrogens with zero attached hydrogens (tertiary/aromatic N) is 2. The van der Waals surface area contributed by atoms with Gasteiger partial charge in [-0.25, -0.2) is 0 Å². The molecule has 0 fully saturated rings. The molecule has 0 N–H and O–H groups in total. The maximum atomic E-state index is 13.4. The lowest BCUT2D eigenvalue weighted by molar-refractivity contribution is -0.146. The number of fused-ring (bicyclic) bond motifs is 1. The van der Waals surface area contributed by atoms with E-state index in [1.807, 2.05) is 57.3 Å². The number of carbonyl (C=O) groups excluding carboxylic acids is 2. The molecule has 0 spiro atoms. The van der Waals surface area contributed by atoms with Crippen LogP contribution in [-0.4, -0.2) is 55.5 Å². The Balaban J connectivity index is 1.73. The second kappa shape index (κ2) is 10.5. The van der Waals surface area contributed by atoms with Gasteiger partial charge in [0.15, 0.2) is 11.5 Å². The maximum Gasteiger partial charge on any atom is 0.245 e. The normalized spacial score (nSPS) is 15.3. The summed E-state index contributed by atoms with van der Waals surface area (Å²) in [7, 11) is 5.04. The van der Waals surface area contributed by atoms with Crippen LogP contribution in [0.25, 0.3) is 0 Å². The summed E-state index contributed by atoms with van der Waals surface area (Å²) in [6.45, 7) is 5.10. The first-order valence-electron chi connectivity index (χ1n) is 11.2. The van der Waals surface area contributed by atoms with Crippen molar-refractivity contribution in [2.45, 2.75) is 45.7 Å². The standard InChI is InChI=1S/C26H34N2O4/c1-18(2)14-25(29)28-17-21-9-7-6-8-20(21)16-22(28)26(30)27(3)13-12-19-10-11-23(31-4)24(15-19)32-5/h6-11,15,18,22H,12-14,16-17H2,1-5H3. The Labute approximate surface area is 191 Å². The van der Waals surface area contributed by atoms with E-state index in [-0.39, 0.29) is 17.7 Å². The smallest absolute Gasteiger partial charge is 0.245 e. The van der Waals surface area contributed by atoms with Gasteiger partial charge in [-0.15, -0.1) is 0 Å². The van der Waals surface area contributed by atoms with E-state index in [0.29, 0.717) is 43.9 Å². The number of rotatable bonds is 8. The minimum atomic E-state index is -0.466. The van der Waals surface area contributed by atoms with Crippen molar-refractivity contribution < 1.29 is 19.1 Å². The Kier molecular flexibility index (Phi) is 7.78. The highest BCUT2D eigenvalue weighted by Crippen LogP contribution is 2.28. The first-order valence-corrected chi connectivity index (χ1v) is 11.2. The quantitative estimate of drug-likeness (QED) is 0.631. The lowest BCUT2D eigenvalue weighted by atomic mass is 9.92. The Morgan fingerprint density at radius 1 is 1.06 bits per heavy atom. The topological polar surface area (TPSA) is 59.1 Å². The number of carbonyl (C=O) groups is 2. The molecular formula is C26H34N2O4. The van der Waals surface area contributed by atoms with Crippen LogP contribution < -0.4 is 9.47 Å². The van der Waals surface area contributed by atoms with Gasteiger partial charge in [-0.3, -0.25) is 9.59 Å². The molecule has 0 aliphatic carbocycles. The van der Waals surface area contributed by atoms with Crippen molar-refractivity contribution in [3.05, 3.63) is 59.2 Å². The Bertz CT molecular complexity index is 957.